The van der Waals surface area contributed by atoms with Crippen molar-refractivity contribution in [1.29, 1.82) is 0 Å². The molecule has 0 heterocycles. The highest BCUT2D eigenvalue weighted by Crippen LogP contribution is 2.05. The molecular formula is C12H26N2O2S. The first-order valence-corrected chi connectivity index (χ1v) is 7.39. The number of carbonyl (C=O) groups excluding carboxylic acids is 1. The predicted molar refractivity (Wildman–Crippen MR) is 74.6 cm³/mol. The molecule has 0 bridgehead atoms. The number of hydrogen-bond donors (Lipinski definition) is 1. The third-order valence-corrected chi connectivity index (χ3v) is 3.21. The van der Waals surface area contributed by atoms with Gasteiger partial charge in [-0.1, -0.05) is 6.92 Å². The van der Waals surface area contributed by atoms with Gasteiger partial charge in [-0.15, -0.1) is 0 Å². The van der Waals surface area contributed by atoms with E-state index in [4.69, 9.17) is 4.74 Å². The molecule has 0 aliphatic heterocycles. The van der Waals surface area contributed by atoms with Crippen LogP contribution in [0.1, 0.15) is 20.3 Å². The number of thioether (sulfide) groups is 1. The molecule has 4 nitrogen and oxygen atoms in total. The van der Waals surface area contributed by atoms with E-state index in [0.29, 0.717) is 6.61 Å². The highest BCUT2D eigenvalue weighted by molar-refractivity contribution is 7.99. The lowest BCUT2D eigenvalue weighted by Gasteiger charge is -2.18. The van der Waals surface area contributed by atoms with Gasteiger partial charge in [0.1, 0.15) is 6.04 Å². The van der Waals surface area contributed by atoms with E-state index in [9.17, 15) is 4.79 Å². The maximum atomic E-state index is 11.7. The van der Waals surface area contributed by atoms with Crippen molar-refractivity contribution in [1.82, 2.24) is 10.2 Å². The number of hydrogen-bond acceptors (Lipinski definition) is 5. The number of nitrogens with zero attached hydrogens (tertiary/aromatic N) is 1. The maximum Gasteiger partial charge on any atom is 0.323 e. The van der Waals surface area contributed by atoms with Crippen LogP contribution in [0.5, 0.6) is 0 Å². The van der Waals surface area contributed by atoms with Crippen LogP contribution < -0.4 is 5.32 Å². The minimum Gasteiger partial charge on any atom is -0.465 e. The van der Waals surface area contributed by atoms with Gasteiger partial charge in [-0.05, 0) is 38.9 Å². The van der Waals surface area contributed by atoms with E-state index in [1.54, 1.807) is 0 Å². The summed E-state index contributed by atoms with van der Waals surface area (Å²) in [5.74, 6) is 1.96. The smallest absolute Gasteiger partial charge is 0.323 e. The molecule has 0 aromatic rings. The first-order chi connectivity index (χ1) is 8.11. The summed E-state index contributed by atoms with van der Waals surface area (Å²) in [6, 6.07) is -0.158. The van der Waals surface area contributed by atoms with Crippen molar-refractivity contribution in [2.45, 2.75) is 26.3 Å². The number of carbonyl (C=O) groups is 1. The highest BCUT2D eigenvalue weighted by Gasteiger charge is 2.18. The van der Waals surface area contributed by atoms with Crippen molar-refractivity contribution in [3.05, 3.63) is 0 Å². The molecule has 0 radical (unpaired) electrons. The summed E-state index contributed by atoms with van der Waals surface area (Å²) in [5.41, 5.74) is 0. The largest absolute Gasteiger partial charge is 0.465 e. The van der Waals surface area contributed by atoms with E-state index in [2.05, 4.69) is 17.1 Å². The van der Waals surface area contributed by atoms with Crippen molar-refractivity contribution < 1.29 is 9.53 Å². The van der Waals surface area contributed by atoms with E-state index in [-0.39, 0.29) is 12.0 Å². The van der Waals surface area contributed by atoms with Gasteiger partial charge in [-0.2, -0.15) is 11.8 Å². The summed E-state index contributed by atoms with van der Waals surface area (Å²) in [5, 5.41) is 3.27. The van der Waals surface area contributed by atoms with Crippen molar-refractivity contribution in [3.63, 3.8) is 0 Å². The molecule has 5 heteroatoms. The molecule has 0 saturated carbocycles. The van der Waals surface area contributed by atoms with Crippen LogP contribution in [0.4, 0.5) is 0 Å². The third-order valence-electron chi connectivity index (χ3n) is 2.28. The van der Waals surface area contributed by atoms with Crippen LogP contribution in [0.3, 0.4) is 0 Å². The van der Waals surface area contributed by atoms with Crippen LogP contribution in [0.25, 0.3) is 0 Å². The zero-order chi connectivity index (χ0) is 13.1. The Balaban J connectivity index is 3.96. The molecule has 1 unspecified atom stereocenters. The molecule has 0 aromatic heterocycles. The molecule has 102 valence electrons. The van der Waals surface area contributed by atoms with Crippen molar-refractivity contribution in [2.24, 2.45) is 0 Å². The predicted octanol–water partition coefficient (Wildman–Crippen LogP) is 1.21. The third kappa shape index (κ3) is 9.44. The van der Waals surface area contributed by atoms with Gasteiger partial charge in [0.2, 0.25) is 0 Å². The SMILES string of the molecule is CCOC(=O)C(CCSCC)NCCN(C)C. The lowest BCUT2D eigenvalue weighted by Crippen LogP contribution is -2.41. The van der Waals surface area contributed by atoms with Gasteiger partial charge < -0.3 is 15.0 Å². The summed E-state index contributed by atoms with van der Waals surface area (Å²) in [6.45, 7) is 6.16. The normalized spacial score (nSPS) is 12.8. The quantitative estimate of drug-likeness (QED) is 0.473. The molecule has 0 aliphatic carbocycles. The standard InChI is InChI=1S/C12H26N2O2S/c1-5-16-12(15)11(7-10-17-6-2)13-8-9-14(3)4/h11,13H,5-10H2,1-4H3. The average molecular weight is 262 g/mol. The minimum atomic E-state index is -0.158. The number of rotatable bonds is 10. The van der Waals surface area contributed by atoms with Crippen LogP contribution >= 0.6 is 11.8 Å². The number of likely N-dealkylation sites (N-methyl/N-ethyl adjacent to an activating group) is 1. The van der Waals surface area contributed by atoms with Crippen molar-refractivity contribution in [2.75, 3.05) is 45.3 Å². The zero-order valence-electron chi connectivity index (χ0n) is 11.5. The summed E-state index contributed by atoms with van der Waals surface area (Å²) >= 11 is 1.85. The average Bonchev–Trinajstić information content (AvgIpc) is 2.27. The van der Waals surface area contributed by atoms with Gasteiger partial charge in [-0.3, -0.25) is 4.79 Å². The molecule has 0 saturated heterocycles. The Kier molecular flexibility index (Phi) is 10.7. The lowest BCUT2D eigenvalue weighted by molar-refractivity contribution is -0.145. The lowest BCUT2D eigenvalue weighted by atomic mass is 10.2. The van der Waals surface area contributed by atoms with E-state index >= 15 is 0 Å². The van der Waals surface area contributed by atoms with Crippen LogP contribution in [0, 0.1) is 0 Å². The van der Waals surface area contributed by atoms with Crippen LogP contribution in [0.2, 0.25) is 0 Å². The Hall–Kier alpha value is -0.260. The number of esters is 1. The fraction of sp³-hybridized carbons (Fsp3) is 0.917. The van der Waals surface area contributed by atoms with E-state index in [1.807, 2.05) is 32.8 Å². The zero-order valence-corrected chi connectivity index (χ0v) is 12.3. The minimum absolute atomic E-state index is 0.122. The molecule has 0 aliphatic rings. The molecule has 1 atom stereocenters. The molecular weight excluding hydrogens is 236 g/mol. The first-order valence-electron chi connectivity index (χ1n) is 6.24. The van der Waals surface area contributed by atoms with Gasteiger partial charge in [0.15, 0.2) is 0 Å². The summed E-state index contributed by atoms with van der Waals surface area (Å²) < 4.78 is 5.07. The maximum absolute atomic E-state index is 11.7. The molecule has 1 N–H and O–H groups in total. The Morgan fingerprint density at radius 2 is 2.12 bits per heavy atom. The summed E-state index contributed by atoms with van der Waals surface area (Å²) in [7, 11) is 4.04. The second-order valence-electron chi connectivity index (χ2n) is 4.05. The van der Waals surface area contributed by atoms with Crippen molar-refractivity contribution in [3.8, 4) is 0 Å². The van der Waals surface area contributed by atoms with Crippen LogP contribution in [0.15, 0.2) is 0 Å². The number of nitrogens with one attached hydrogen (secondary N) is 1. The van der Waals surface area contributed by atoms with Gasteiger partial charge in [0.25, 0.3) is 0 Å². The Morgan fingerprint density at radius 3 is 2.65 bits per heavy atom. The first kappa shape index (κ1) is 16.7. The van der Waals surface area contributed by atoms with Gasteiger partial charge in [0, 0.05) is 13.1 Å². The van der Waals surface area contributed by atoms with Gasteiger partial charge >= 0.3 is 5.97 Å². The van der Waals surface area contributed by atoms with E-state index < -0.39 is 0 Å². The second-order valence-corrected chi connectivity index (χ2v) is 5.44. The van der Waals surface area contributed by atoms with E-state index in [0.717, 1.165) is 31.0 Å². The van der Waals surface area contributed by atoms with Crippen molar-refractivity contribution >= 4 is 17.7 Å². The van der Waals surface area contributed by atoms with Crippen LogP contribution in [-0.4, -0.2) is 62.2 Å². The Labute approximate surface area is 109 Å². The molecule has 0 rings (SSSR count). The fourth-order valence-electron chi connectivity index (χ4n) is 1.35. The summed E-state index contributed by atoms with van der Waals surface area (Å²) in [6.07, 6.45) is 0.838. The van der Waals surface area contributed by atoms with Gasteiger partial charge in [-0.25, -0.2) is 0 Å². The topological polar surface area (TPSA) is 41.6 Å². The fourth-order valence-corrected chi connectivity index (χ4v) is 2.05. The monoisotopic (exact) mass is 262 g/mol. The molecule has 17 heavy (non-hydrogen) atoms. The molecule has 0 fully saturated rings. The molecule has 0 spiro atoms. The second kappa shape index (κ2) is 10.9. The highest BCUT2D eigenvalue weighted by atomic mass is 32.2. The van der Waals surface area contributed by atoms with E-state index in [1.165, 1.54) is 0 Å². The molecule has 0 aromatic carbocycles. The van der Waals surface area contributed by atoms with Crippen LogP contribution in [-0.2, 0) is 9.53 Å². The molecule has 0 amide bonds. The Morgan fingerprint density at radius 1 is 1.41 bits per heavy atom. The van der Waals surface area contributed by atoms with Gasteiger partial charge in [0.05, 0.1) is 6.61 Å². The summed E-state index contributed by atoms with van der Waals surface area (Å²) in [4.78, 5) is 13.8. The Bertz CT molecular complexity index is 201. The number of ether oxygens (including phenoxy) is 1.